The van der Waals surface area contributed by atoms with Gasteiger partial charge in [0.25, 0.3) is 0 Å². The topological polar surface area (TPSA) is 150 Å². The summed E-state index contributed by atoms with van der Waals surface area (Å²) >= 11 is 1.85. The average molecular weight is 1820 g/mol. The summed E-state index contributed by atoms with van der Waals surface area (Å²) < 4.78 is 37.4. The molecule has 141 heavy (non-hydrogen) atoms. The van der Waals surface area contributed by atoms with Crippen molar-refractivity contribution in [2.75, 3.05) is 0 Å². The van der Waals surface area contributed by atoms with E-state index in [9.17, 15) is 0 Å². The SMILES string of the molecule is c1ccc(-c2nc(-c3ccc(-n4c5ccccc5c5ccc6c(c7ccccc7n6-c6ccccc6)c54)cc3)nc3c2oc2ccccc23)cc1.c1ccc(-c2nc(-c3ccc(-n4c5ccccc5c5ccc6oc7ccccc7c6c54)cc3)nc3c2oc2ccccc23)cc1.c1ccc(-c2nc(-c3ccc(-n4c5ccccc5c5ccc6sc7ccccc7c6c54)cc3)nc3c2oc2ccccc23)cc1. The summed E-state index contributed by atoms with van der Waals surface area (Å²) in [5.41, 5.74) is 30.8. The first-order valence-corrected chi connectivity index (χ1v) is 48.0. The summed E-state index contributed by atoms with van der Waals surface area (Å²) in [5.74, 6) is 1.99. The molecule has 0 fully saturated rings. The van der Waals surface area contributed by atoms with Gasteiger partial charge in [-0.2, -0.15) is 0 Å². The molecule has 0 spiro atoms. The quantitative estimate of drug-likeness (QED) is 0.129. The van der Waals surface area contributed by atoms with Crippen LogP contribution in [0.4, 0.5) is 0 Å². The standard InChI is InChI=1S/C46H28N4O.C40H23N3O2.C40H23N3OS/c1-3-13-29(14-4-1)42-45-43(36-19-9-12-22-40(36)51-45)48-46(47-42)30-23-25-32(26-24-30)50-37-20-10-7-17-33(37)34-27-28-39-41(44(34)50)35-18-8-11-21-38(35)49(39)31-15-5-2-6-16-31;1-2-10-24(11-3-1)36-39-37(30-14-6-9-17-33(30)45-39)42-40(41-36)25-18-20-26(21-19-25)43-31-15-7-4-12-27(31)28-22-23-34-35(38(28)43)29-13-5-8-16-32(29)44-34;1-2-10-24(11-3-1)36-39-37(29-13-5-8-16-32(29)44-39)42-40(41-36)25-18-20-26(21-19-25)43-31-15-7-4-12-27(31)28-22-23-34-35(38(28)43)30-14-6-9-17-33(30)45-34/h1-28H;2*1-23H. The Morgan fingerprint density at radius 1 is 0.170 bits per heavy atom. The fourth-order valence-electron chi connectivity index (χ4n) is 21.5. The molecule has 0 amide bonds. The Morgan fingerprint density at radius 2 is 0.482 bits per heavy atom. The van der Waals surface area contributed by atoms with Gasteiger partial charge in [-0.05, 0) is 182 Å². The number of thiophene rings is 1. The number of nitrogens with zero attached hydrogens (tertiary/aromatic N) is 10. The molecular weight excluding hydrogens is 1750 g/mol. The smallest absolute Gasteiger partial charge is 0.180 e. The largest absolute Gasteiger partial charge is 0.456 e. The van der Waals surface area contributed by atoms with Gasteiger partial charge in [0, 0.05) is 141 Å². The van der Waals surface area contributed by atoms with Crippen LogP contribution in [0.1, 0.15) is 0 Å². The van der Waals surface area contributed by atoms with E-state index in [2.05, 4.69) is 346 Å². The van der Waals surface area contributed by atoms with Crippen LogP contribution < -0.4 is 0 Å². The number of furan rings is 4. The third kappa shape index (κ3) is 12.6. The van der Waals surface area contributed by atoms with E-state index in [0.29, 0.717) is 34.2 Å². The zero-order valence-electron chi connectivity index (χ0n) is 75.2. The Morgan fingerprint density at radius 3 is 0.908 bits per heavy atom. The summed E-state index contributed by atoms with van der Waals surface area (Å²) in [7, 11) is 0. The number of rotatable bonds is 10. The predicted octanol–water partition coefficient (Wildman–Crippen LogP) is 33.8. The van der Waals surface area contributed by atoms with E-state index < -0.39 is 0 Å². The fourth-order valence-corrected chi connectivity index (χ4v) is 22.6. The summed E-state index contributed by atoms with van der Waals surface area (Å²) in [5, 5.41) is 17.6. The Balaban J connectivity index is 0.000000102. The number of hydrogen-bond acceptors (Lipinski definition) is 11. The maximum Gasteiger partial charge on any atom is 0.180 e. The Labute approximate surface area is 806 Å². The third-order valence-corrected chi connectivity index (χ3v) is 28.9. The lowest BCUT2D eigenvalue weighted by atomic mass is 10.1. The van der Waals surface area contributed by atoms with Gasteiger partial charge >= 0.3 is 0 Å². The average Bonchev–Trinajstić information content (AvgIpc) is 1.57. The molecule has 0 aliphatic carbocycles. The highest BCUT2D eigenvalue weighted by atomic mass is 32.1. The van der Waals surface area contributed by atoms with Gasteiger partial charge in [0.15, 0.2) is 34.2 Å². The van der Waals surface area contributed by atoms with Crippen molar-refractivity contribution in [3.8, 4) is 90.7 Å². The Hall–Kier alpha value is -19.0. The Bertz CT molecular complexity index is 10100. The molecule has 0 atom stereocenters. The summed E-state index contributed by atoms with van der Waals surface area (Å²) in [6.45, 7) is 0. The molecule has 658 valence electrons. The van der Waals surface area contributed by atoms with Gasteiger partial charge in [0.05, 0.1) is 49.5 Å². The minimum atomic E-state index is 0.657. The highest BCUT2D eigenvalue weighted by Crippen LogP contribution is 2.49. The van der Waals surface area contributed by atoms with Gasteiger partial charge in [-0.25, -0.2) is 29.9 Å². The molecule has 31 rings (SSSR count). The van der Waals surface area contributed by atoms with Gasteiger partial charge in [-0.1, -0.05) is 267 Å². The van der Waals surface area contributed by atoms with E-state index >= 15 is 0 Å². The predicted molar refractivity (Wildman–Crippen MR) is 578 cm³/mol. The van der Waals surface area contributed by atoms with Crippen molar-refractivity contribution in [1.82, 2.24) is 48.2 Å². The Kier molecular flexibility index (Phi) is 17.9. The highest BCUT2D eigenvalue weighted by molar-refractivity contribution is 7.26. The van der Waals surface area contributed by atoms with Gasteiger partial charge in [-0.15, -0.1) is 11.3 Å². The first-order chi connectivity index (χ1) is 69.9. The van der Waals surface area contributed by atoms with E-state index in [1.165, 1.54) is 90.8 Å². The van der Waals surface area contributed by atoms with Crippen LogP contribution in [0.5, 0.6) is 0 Å². The molecule has 0 aliphatic heterocycles. The molecule has 0 unspecified atom stereocenters. The molecule has 0 N–H and O–H groups in total. The first kappa shape index (κ1) is 79.4. The number of fused-ring (bicyclic) bond motifs is 30. The van der Waals surface area contributed by atoms with Crippen LogP contribution >= 0.6 is 11.3 Å². The van der Waals surface area contributed by atoms with Crippen LogP contribution in [-0.2, 0) is 0 Å². The zero-order valence-corrected chi connectivity index (χ0v) is 76.1. The second-order valence-electron chi connectivity index (χ2n) is 35.7. The van der Waals surface area contributed by atoms with E-state index in [1.807, 2.05) is 133 Å². The number of hydrogen-bond donors (Lipinski definition) is 0. The molecule has 12 heterocycles. The van der Waals surface area contributed by atoms with Crippen molar-refractivity contribution in [3.05, 3.63) is 449 Å². The van der Waals surface area contributed by atoms with Crippen LogP contribution in [-0.4, -0.2) is 48.2 Å². The van der Waals surface area contributed by atoms with E-state index in [-0.39, 0.29) is 0 Å². The monoisotopic (exact) mass is 1820 g/mol. The van der Waals surface area contributed by atoms with Crippen LogP contribution in [0.15, 0.2) is 467 Å². The lowest BCUT2D eigenvalue weighted by molar-refractivity contribution is 0.667. The fraction of sp³-hybridized carbons (Fsp3) is 0. The van der Waals surface area contributed by atoms with Gasteiger partial charge in [0.2, 0.25) is 0 Å². The molecule has 0 saturated carbocycles. The van der Waals surface area contributed by atoms with Crippen LogP contribution in [0.2, 0.25) is 0 Å². The van der Waals surface area contributed by atoms with Gasteiger partial charge in [-0.3, -0.25) is 0 Å². The van der Waals surface area contributed by atoms with E-state index in [1.54, 1.807) is 0 Å². The number of benzene rings is 19. The zero-order chi connectivity index (χ0) is 92.4. The van der Waals surface area contributed by atoms with Crippen LogP contribution in [0, 0.1) is 0 Å². The van der Waals surface area contributed by atoms with Gasteiger partial charge < -0.3 is 35.9 Å². The molecule has 0 bridgehead atoms. The molecule has 12 aromatic heterocycles. The summed E-state index contributed by atoms with van der Waals surface area (Å²) in [4.78, 5) is 30.5. The molecule has 31 aromatic rings. The van der Waals surface area contributed by atoms with Crippen molar-refractivity contribution in [1.29, 1.82) is 0 Å². The van der Waals surface area contributed by atoms with Crippen molar-refractivity contribution >= 4 is 207 Å². The van der Waals surface area contributed by atoms with E-state index in [0.717, 1.165) is 161 Å². The normalized spacial score (nSPS) is 12.0. The number of aromatic nitrogens is 10. The minimum absolute atomic E-state index is 0.657. The molecule has 0 saturated heterocycles. The van der Waals surface area contributed by atoms with Crippen LogP contribution in [0.25, 0.3) is 286 Å². The van der Waals surface area contributed by atoms with E-state index in [4.69, 9.17) is 47.6 Å². The molecule has 19 aromatic carbocycles. The molecule has 14 nitrogen and oxygen atoms in total. The van der Waals surface area contributed by atoms with Crippen molar-refractivity contribution in [3.63, 3.8) is 0 Å². The highest BCUT2D eigenvalue weighted by Gasteiger charge is 2.28. The second-order valence-corrected chi connectivity index (χ2v) is 36.8. The maximum atomic E-state index is 6.34. The number of para-hydroxylation sites is 9. The molecule has 15 heteroatoms. The van der Waals surface area contributed by atoms with Gasteiger partial charge in [0.1, 0.15) is 61.5 Å². The first-order valence-electron chi connectivity index (χ1n) is 47.2. The van der Waals surface area contributed by atoms with Crippen molar-refractivity contribution in [2.24, 2.45) is 0 Å². The van der Waals surface area contributed by atoms with Crippen molar-refractivity contribution < 1.29 is 17.7 Å². The second kappa shape index (κ2) is 31.8. The minimum Gasteiger partial charge on any atom is -0.456 e. The summed E-state index contributed by atoms with van der Waals surface area (Å²) in [6, 6.07) is 156. The summed E-state index contributed by atoms with van der Waals surface area (Å²) in [6.07, 6.45) is 0. The van der Waals surface area contributed by atoms with Crippen molar-refractivity contribution in [2.45, 2.75) is 0 Å². The molecule has 0 aliphatic rings. The molecular formula is C126H74N10O4S. The molecule has 0 radical (unpaired) electrons. The third-order valence-electron chi connectivity index (χ3n) is 27.8. The lowest BCUT2D eigenvalue weighted by Crippen LogP contribution is -1.97. The van der Waals surface area contributed by atoms with Crippen LogP contribution in [0.3, 0.4) is 0 Å². The maximum absolute atomic E-state index is 6.34. The lowest BCUT2D eigenvalue weighted by Gasteiger charge is -2.11.